The van der Waals surface area contributed by atoms with E-state index in [4.69, 9.17) is 5.73 Å². The number of nitrogens with zero attached hydrogens (tertiary/aromatic N) is 2. The van der Waals surface area contributed by atoms with Gasteiger partial charge in [-0.3, -0.25) is 4.79 Å². The molecule has 0 bridgehead atoms. The van der Waals surface area contributed by atoms with Gasteiger partial charge >= 0.3 is 0 Å². The predicted molar refractivity (Wildman–Crippen MR) is 70.6 cm³/mol. The van der Waals surface area contributed by atoms with Crippen LogP contribution < -0.4 is 11.1 Å². The van der Waals surface area contributed by atoms with Crippen LogP contribution in [0.3, 0.4) is 0 Å². The summed E-state index contributed by atoms with van der Waals surface area (Å²) in [4.78, 5) is 11.8. The number of aromatic amines is 1. The van der Waals surface area contributed by atoms with Crippen molar-refractivity contribution in [3.05, 3.63) is 33.0 Å². The molecule has 8 heteroatoms. The summed E-state index contributed by atoms with van der Waals surface area (Å²) < 4.78 is 1.36. The van der Waals surface area contributed by atoms with Crippen molar-refractivity contribution in [2.75, 3.05) is 11.1 Å². The molecule has 1 amide bonds. The molecule has 0 atom stereocenters. The van der Waals surface area contributed by atoms with Crippen molar-refractivity contribution in [2.24, 2.45) is 0 Å². The van der Waals surface area contributed by atoms with Gasteiger partial charge in [0.1, 0.15) is 0 Å². The molecule has 17 heavy (non-hydrogen) atoms. The van der Waals surface area contributed by atoms with Crippen LogP contribution in [-0.2, 0) is 0 Å². The highest BCUT2D eigenvalue weighted by Crippen LogP contribution is 2.33. The third kappa shape index (κ3) is 2.64. The minimum absolute atomic E-state index is 0.209. The normalized spacial score (nSPS) is 10.2. The zero-order valence-electron chi connectivity index (χ0n) is 8.37. The quantitative estimate of drug-likeness (QED) is 0.715. The largest absolute Gasteiger partial charge is 0.399 e. The molecule has 0 aliphatic heterocycles. The highest BCUT2D eigenvalue weighted by atomic mass is 79.9. The Hall–Kier alpha value is -1.41. The Morgan fingerprint density at radius 1 is 1.35 bits per heavy atom. The van der Waals surface area contributed by atoms with Crippen LogP contribution in [0.4, 0.5) is 11.4 Å². The third-order valence-corrected chi connectivity index (χ3v) is 3.20. The molecule has 1 aromatic heterocycles. The van der Waals surface area contributed by atoms with E-state index in [1.54, 1.807) is 12.1 Å². The van der Waals surface area contributed by atoms with Crippen molar-refractivity contribution >= 4 is 49.1 Å². The minimum atomic E-state index is -0.357. The first-order valence-electron chi connectivity index (χ1n) is 4.49. The zero-order valence-corrected chi connectivity index (χ0v) is 11.5. The van der Waals surface area contributed by atoms with Gasteiger partial charge in [-0.2, -0.15) is 15.4 Å². The van der Waals surface area contributed by atoms with Gasteiger partial charge in [-0.05, 0) is 44.0 Å². The van der Waals surface area contributed by atoms with Crippen molar-refractivity contribution < 1.29 is 4.79 Å². The van der Waals surface area contributed by atoms with Crippen LogP contribution in [0.5, 0.6) is 0 Å². The van der Waals surface area contributed by atoms with Crippen molar-refractivity contribution in [1.82, 2.24) is 15.4 Å². The second-order valence-electron chi connectivity index (χ2n) is 3.17. The molecule has 0 aliphatic rings. The average molecular weight is 361 g/mol. The maximum absolute atomic E-state index is 11.8. The van der Waals surface area contributed by atoms with E-state index in [0.717, 1.165) is 0 Å². The monoisotopic (exact) mass is 359 g/mol. The van der Waals surface area contributed by atoms with Crippen molar-refractivity contribution in [3.63, 3.8) is 0 Å². The molecular weight excluding hydrogens is 354 g/mol. The van der Waals surface area contributed by atoms with Crippen LogP contribution in [0, 0.1) is 0 Å². The molecule has 0 spiro atoms. The second kappa shape index (κ2) is 4.84. The Kier molecular flexibility index (Phi) is 3.43. The number of anilines is 2. The fraction of sp³-hybridized carbons (Fsp3) is 0. The van der Waals surface area contributed by atoms with E-state index in [1.807, 2.05) is 0 Å². The smallest absolute Gasteiger partial charge is 0.277 e. The molecule has 0 saturated carbocycles. The Balaban J connectivity index is 2.28. The zero-order chi connectivity index (χ0) is 12.4. The van der Waals surface area contributed by atoms with Gasteiger partial charge in [-0.1, -0.05) is 0 Å². The summed E-state index contributed by atoms with van der Waals surface area (Å²) in [5.41, 5.74) is 7.04. The van der Waals surface area contributed by atoms with Crippen LogP contribution in [0.2, 0.25) is 0 Å². The van der Waals surface area contributed by atoms with E-state index in [1.165, 1.54) is 6.20 Å². The molecule has 2 aromatic rings. The first-order valence-corrected chi connectivity index (χ1v) is 6.08. The Labute approximate surface area is 113 Å². The fourth-order valence-electron chi connectivity index (χ4n) is 1.20. The number of nitrogen functional groups attached to an aromatic ring is 1. The summed E-state index contributed by atoms with van der Waals surface area (Å²) in [6, 6.07) is 3.40. The van der Waals surface area contributed by atoms with Crippen LogP contribution in [0.1, 0.15) is 10.5 Å². The van der Waals surface area contributed by atoms with Crippen molar-refractivity contribution in [2.45, 2.75) is 0 Å². The molecule has 0 aliphatic carbocycles. The number of nitrogens with two attached hydrogens (primary N) is 1. The van der Waals surface area contributed by atoms with Gasteiger partial charge in [0.2, 0.25) is 0 Å². The maximum Gasteiger partial charge on any atom is 0.277 e. The number of H-pyrrole nitrogens is 1. The number of carbonyl (C=O) groups excluding carboxylic acids is 1. The van der Waals surface area contributed by atoms with E-state index in [9.17, 15) is 4.79 Å². The molecule has 0 radical (unpaired) electrons. The summed E-state index contributed by atoms with van der Waals surface area (Å²) in [7, 11) is 0. The number of rotatable bonds is 2. The molecule has 88 valence electrons. The van der Waals surface area contributed by atoms with E-state index in [-0.39, 0.29) is 11.6 Å². The van der Waals surface area contributed by atoms with Gasteiger partial charge in [0.25, 0.3) is 5.91 Å². The standard InChI is InChI=1S/C9H7Br2N5O/c10-5-1-4(12)2-6(11)8(5)14-9(17)7-3-13-16-15-7/h1-3H,12H2,(H,14,17)(H,13,15,16). The Morgan fingerprint density at radius 3 is 2.53 bits per heavy atom. The first-order chi connectivity index (χ1) is 8.08. The molecule has 2 rings (SSSR count). The number of halogens is 2. The van der Waals surface area contributed by atoms with Gasteiger partial charge in [0.15, 0.2) is 5.69 Å². The molecule has 0 fully saturated rings. The van der Waals surface area contributed by atoms with E-state index >= 15 is 0 Å². The summed E-state index contributed by atoms with van der Waals surface area (Å²) in [5.74, 6) is -0.357. The number of hydrogen-bond donors (Lipinski definition) is 3. The summed E-state index contributed by atoms with van der Waals surface area (Å²) in [5, 5.41) is 12.3. The number of benzene rings is 1. The number of hydrogen-bond acceptors (Lipinski definition) is 4. The lowest BCUT2D eigenvalue weighted by Gasteiger charge is -2.09. The summed E-state index contributed by atoms with van der Waals surface area (Å²) in [6.07, 6.45) is 1.34. The Bertz CT molecular complexity index is 532. The molecule has 1 aromatic carbocycles. The van der Waals surface area contributed by atoms with Gasteiger partial charge in [0, 0.05) is 14.6 Å². The van der Waals surface area contributed by atoms with Crippen LogP contribution in [-0.4, -0.2) is 21.3 Å². The second-order valence-corrected chi connectivity index (χ2v) is 4.88. The molecular formula is C9H7Br2N5O. The molecule has 0 unspecified atom stereocenters. The van der Waals surface area contributed by atoms with E-state index in [2.05, 4.69) is 52.6 Å². The molecule has 6 nitrogen and oxygen atoms in total. The SMILES string of the molecule is Nc1cc(Br)c(NC(=O)c2cn[nH]n2)c(Br)c1. The number of nitrogens with one attached hydrogen (secondary N) is 2. The minimum Gasteiger partial charge on any atom is -0.399 e. The lowest BCUT2D eigenvalue weighted by Crippen LogP contribution is -2.13. The van der Waals surface area contributed by atoms with Crippen LogP contribution >= 0.6 is 31.9 Å². The van der Waals surface area contributed by atoms with Crippen LogP contribution in [0.25, 0.3) is 0 Å². The van der Waals surface area contributed by atoms with Gasteiger partial charge in [-0.25, -0.2) is 0 Å². The number of carbonyl (C=O) groups is 1. The number of amides is 1. The summed E-state index contributed by atoms with van der Waals surface area (Å²) >= 11 is 6.64. The molecule has 0 saturated heterocycles. The van der Waals surface area contributed by atoms with Crippen molar-refractivity contribution in [3.8, 4) is 0 Å². The first kappa shape index (κ1) is 12.1. The highest BCUT2D eigenvalue weighted by Gasteiger charge is 2.13. The van der Waals surface area contributed by atoms with Crippen LogP contribution in [0.15, 0.2) is 27.3 Å². The fourth-order valence-corrected chi connectivity index (χ4v) is 2.62. The Morgan fingerprint density at radius 2 is 2.00 bits per heavy atom. The van der Waals surface area contributed by atoms with Gasteiger partial charge < -0.3 is 11.1 Å². The van der Waals surface area contributed by atoms with E-state index < -0.39 is 0 Å². The number of aromatic nitrogens is 3. The third-order valence-electron chi connectivity index (χ3n) is 1.95. The maximum atomic E-state index is 11.8. The van der Waals surface area contributed by atoms with E-state index in [0.29, 0.717) is 20.3 Å². The van der Waals surface area contributed by atoms with Gasteiger partial charge in [0.05, 0.1) is 11.9 Å². The molecule has 4 N–H and O–H groups in total. The topological polar surface area (TPSA) is 96.7 Å². The lowest BCUT2D eigenvalue weighted by molar-refractivity contribution is 0.102. The van der Waals surface area contributed by atoms with Crippen molar-refractivity contribution in [1.29, 1.82) is 0 Å². The highest BCUT2D eigenvalue weighted by molar-refractivity contribution is 9.11. The lowest BCUT2D eigenvalue weighted by atomic mass is 10.3. The predicted octanol–water partition coefficient (Wildman–Crippen LogP) is 2.16. The molecule has 1 heterocycles. The summed E-state index contributed by atoms with van der Waals surface area (Å²) in [6.45, 7) is 0. The average Bonchev–Trinajstić information content (AvgIpc) is 2.76. The van der Waals surface area contributed by atoms with Gasteiger partial charge in [-0.15, -0.1) is 0 Å².